The second-order valence-electron chi connectivity index (χ2n) is 8.39. The predicted octanol–water partition coefficient (Wildman–Crippen LogP) is 5.76. The number of ether oxygens (including phenoxy) is 2. The maximum absolute atomic E-state index is 14.6. The monoisotopic (exact) mass is 496 g/mol. The molecule has 0 aliphatic rings. The summed E-state index contributed by atoms with van der Waals surface area (Å²) >= 11 is 0. The van der Waals surface area contributed by atoms with Crippen molar-refractivity contribution in [3.8, 4) is 0 Å². The number of hydrogen-bond acceptors (Lipinski definition) is 6. The van der Waals surface area contributed by atoms with Gasteiger partial charge in [0.1, 0.15) is 5.78 Å². The lowest BCUT2D eigenvalue weighted by molar-refractivity contribution is -0.194. The summed E-state index contributed by atoms with van der Waals surface area (Å²) in [6.45, 7) is 5.30. The van der Waals surface area contributed by atoms with Crippen LogP contribution in [0.25, 0.3) is 0 Å². The predicted molar refractivity (Wildman–Crippen MR) is 118 cm³/mol. The van der Waals surface area contributed by atoms with E-state index < -0.39 is 61.5 Å². The number of alkyl halides is 4. The van der Waals surface area contributed by atoms with Crippen LogP contribution in [0.4, 0.5) is 17.6 Å². The van der Waals surface area contributed by atoms with Gasteiger partial charge < -0.3 is 14.3 Å². The fraction of sp³-hybridized carbons (Fsp3) is 0.750. The molecule has 0 aromatic heterocycles. The lowest BCUT2D eigenvalue weighted by Gasteiger charge is -2.33. The molecule has 196 valence electrons. The van der Waals surface area contributed by atoms with Crippen molar-refractivity contribution < 1.29 is 46.2 Å². The van der Waals surface area contributed by atoms with Crippen LogP contribution in [0.3, 0.4) is 0 Å². The minimum Gasteiger partial charge on any atom is -0.463 e. The Bertz CT molecular complexity index is 720. The topological polar surface area (TPSA) is 86.7 Å². The quantitative estimate of drug-likeness (QED) is 0.104. The molecule has 0 heterocycles. The van der Waals surface area contributed by atoms with Gasteiger partial charge >= 0.3 is 11.9 Å². The molecule has 10 heteroatoms. The highest BCUT2D eigenvalue weighted by Gasteiger charge is 2.50. The number of carbonyl (C=O) groups excluding carboxylic acids is 4. The van der Waals surface area contributed by atoms with E-state index in [1.54, 1.807) is 0 Å². The van der Waals surface area contributed by atoms with Crippen molar-refractivity contribution in [3.05, 3.63) is 12.2 Å². The number of rotatable bonds is 18. The average Bonchev–Trinajstić information content (AvgIpc) is 2.72. The second kappa shape index (κ2) is 14.9. The molecule has 0 fully saturated rings. The Balaban J connectivity index is 5.22. The summed E-state index contributed by atoms with van der Waals surface area (Å²) in [6, 6.07) is 0. The zero-order chi connectivity index (χ0) is 26.4. The number of unbranched alkanes of at least 4 members (excludes halogenated alkanes) is 1. The van der Waals surface area contributed by atoms with E-state index >= 15 is 0 Å². The third-order valence-electron chi connectivity index (χ3n) is 5.12. The van der Waals surface area contributed by atoms with E-state index in [-0.39, 0.29) is 43.9 Å². The first-order valence-corrected chi connectivity index (χ1v) is 11.5. The van der Waals surface area contributed by atoms with Gasteiger partial charge in [0.2, 0.25) is 11.5 Å². The molecule has 0 aromatic rings. The highest BCUT2D eigenvalue weighted by Crippen LogP contribution is 2.37. The van der Waals surface area contributed by atoms with Crippen LogP contribution in [0.1, 0.15) is 91.9 Å². The highest BCUT2D eigenvalue weighted by molar-refractivity contribution is 5.87. The van der Waals surface area contributed by atoms with Crippen LogP contribution >= 0.6 is 0 Å². The molecule has 0 aromatic carbocycles. The number of esters is 2. The van der Waals surface area contributed by atoms with Gasteiger partial charge in [0, 0.05) is 25.7 Å². The molecule has 6 nitrogen and oxygen atoms in total. The smallest absolute Gasteiger partial charge is 0.350 e. The minimum absolute atomic E-state index is 0.0909. The van der Waals surface area contributed by atoms with Gasteiger partial charge in [0.25, 0.3) is 5.92 Å². The summed E-state index contributed by atoms with van der Waals surface area (Å²) in [5.74, 6) is -9.44. The zero-order valence-corrected chi connectivity index (χ0v) is 20.4. The lowest BCUT2D eigenvalue weighted by Crippen LogP contribution is -2.48. The van der Waals surface area contributed by atoms with E-state index in [1.807, 2.05) is 0 Å². The van der Waals surface area contributed by atoms with E-state index in [0.717, 1.165) is 6.08 Å². The SMILES string of the molecule is CCOC(=O)C(CC)(CC(F)(F)CC/C=C/C(C)=O)OC(=O)CCC(F)(F)CCCCC(C)=O. The molecule has 34 heavy (non-hydrogen) atoms. The molecule has 0 N–H and O–H groups in total. The van der Waals surface area contributed by atoms with Crippen LogP contribution < -0.4 is 0 Å². The van der Waals surface area contributed by atoms with E-state index in [9.17, 15) is 36.7 Å². The molecule has 0 saturated carbocycles. The molecule has 0 bridgehead atoms. The van der Waals surface area contributed by atoms with E-state index in [4.69, 9.17) is 9.47 Å². The number of Topliss-reactive ketones (excluding diaryl/α,β-unsaturated/α-hetero) is 1. The van der Waals surface area contributed by atoms with E-state index in [1.165, 1.54) is 33.8 Å². The summed E-state index contributed by atoms with van der Waals surface area (Å²) < 4.78 is 67.3. The van der Waals surface area contributed by atoms with Gasteiger partial charge in [0.05, 0.1) is 19.4 Å². The molecule has 0 aliphatic carbocycles. The third-order valence-corrected chi connectivity index (χ3v) is 5.12. The fourth-order valence-electron chi connectivity index (χ4n) is 3.24. The lowest BCUT2D eigenvalue weighted by atomic mass is 9.90. The number of allylic oxidation sites excluding steroid dienone is 2. The zero-order valence-electron chi connectivity index (χ0n) is 20.4. The molecular weight excluding hydrogens is 460 g/mol. The first-order valence-electron chi connectivity index (χ1n) is 11.5. The standard InChI is InChI=1S/C24H36F4O6/c1-5-22(21(32)33-6-2,17-24(27,28)15-10-8-12-19(4)30)34-20(31)13-16-23(25,26)14-9-7-11-18(3)29/h8,12H,5-7,9-11,13-17H2,1-4H3/b12-8+. The first-order chi connectivity index (χ1) is 15.7. The van der Waals surface area contributed by atoms with Crippen LogP contribution in [-0.2, 0) is 28.7 Å². The van der Waals surface area contributed by atoms with Gasteiger partial charge in [0.15, 0.2) is 5.78 Å². The summed E-state index contributed by atoms with van der Waals surface area (Å²) in [5, 5.41) is 0. The Morgan fingerprint density at radius 2 is 1.50 bits per heavy atom. The Kier molecular flexibility index (Phi) is 13.9. The Hall–Kier alpha value is -2.26. The average molecular weight is 497 g/mol. The van der Waals surface area contributed by atoms with Gasteiger partial charge in [-0.1, -0.05) is 13.0 Å². The maximum Gasteiger partial charge on any atom is 0.350 e. The summed E-state index contributed by atoms with van der Waals surface area (Å²) in [6.07, 6.45) is -1.55. The third kappa shape index (κ3) is 13.4. The van der Waals surface area contributed by atoms with Gasteiger partial charge in [-0.3, -0.25) is 9.59 Å². The summed E-state index contributed by atoms with van der Waals surface area (Å²) in [5.41, 5.74) is -2.32. The molecule has 1 unspecified atom stereocenters. The van der Waals surface area contributed by atoms with Crippen molar-refractivity contribution in [1.29, 1.82) is 0 Å². The Morgan fingerprint density at radius 1 is 0.853 bits per heavy atom. The molecule has 0 spiro atoms. The van der Waals surface area contributed by atoms with Crippen LogP contribution in [0.2, 0.25) is 0 Å². The Morgan fingerprint density at radius 3 is 2.03 bits per heavy atom. The molecular formula is C24H36F4O6. The maximum atomic E-state index is 14.6. The molecule has 0 radical (unpaired) electrons. The van der Waals surface area contributed by atoms with Crippen molar-refractivity contribution in [2.75, 3.05) is 6.61 Å². The first kappa shape index (κ1) is 31.7. The number of halogens is 4. The molecule has 0 aliphatic heterocycles. The molecule has 0 rings (SSSR count). The molecule has 0 amide bonds. The van der Waals surface area contributed by atoms with Gasteiger partial charge in [-0.05, 0) is 52.5 Å². The van der Waals surface area contributed by atoms with Crippen LogP contribution in [0.15, 0.2) is 12.2 Å². The Labute approximate surface area is 198 Å². The van der Waals surface area contributed by atoms with Crippen molar-refractivity contribution in [2.24, 2.45) is 0 Å². The number of ketones is 2. The van der Waals surface area contributed by atoms with E-state index in [2.05, 4.69) is 0 Å². The van der Waals surface area contributed by atoms with Gasteiger partial charge in [-0.15, -0.1) is 0 Å². The van der Waals surface area contributed by atoms with E-state index in [0.29, 0.717) is 6.42 Å². The minimum atomic E-state index is -3.45. The number of carbonyl (C=O) groups is 4. The van der Waals surface area contributed by atoms with Gasteiger partial charge in [-0.2, -0.15) is 0 Å². The van der Waals surface area contributed by atoms with Crippen molar-refractivity contribution in [3.63, 3.8) is 0 Å². The normalized spacial score (nSPS) is 14.0. The van der Waals surface area contributed by atoms with Crippen molar-refractivity contribution in [1.82, 2.24) is 0 Å². The summed E-state index contributed by atoms with van der Waals surface area (Å²) in [7, 11) is 0. The summed E-state index contributed by atoms with van der Waals surface area (Å²) in [4.78, 5) is 46.6. The molecule has 1 atom stereocenters. The largest absolute Gasteiger partial charge is 0.463 e. The molecule has 0 saturated heterocycles. The van der Waals surface area contributed by atoms with Gasteiger partial charge in [-0.25, -0.2) is 22.4 Å². The fourth-order valence-corrected chi connectivity index (χ4v) is 3.24. The van der Waals surface area contributed by atoms with Crippen LogP contribution in [0, 0.1) is 0 Å². The second-order valence-corrected chi connectivity index (χ2v) is 8.39. The van der Waals surface area contributed by atoms with Crippen LogP contribution in [0.5, 0.6) is 0 Å². The van der Waals surface area contributed by atoms with Crippen LogP contribution in [-0.4, -0.2) is 47.6 Å². The highest BCUT2D eigenvalue weighted by atomic mass is 19.3. The van der Waals surface area contributed by atoms with Crippen molar-refractivity contribution in [2.45, 2.75) is 109 Å². The van der Waals surface area contributed by atoms with Crippen molar-refractivity contribution >= 4 is 23.5 Å². The number of hydrogen-bond donors (Lipinski definition) is 0.